The van der Waals surface area contributed by atoms with Gasteiger partial charge in [-0.15, -0.1) is 0 Å². The van der Waals surface area contributed by atoms with Gasteiger partial charge in [0.2, 0.25) is 14.3 Å². The Balaban J connectivity index is 1.61. The van der Waals surface area contributed by atoms with Crippen molar-refractivity contribution in [2.45, 2.75) is 24.9 Å². The lowest BCUT2D eigenvalue weighted by atomic mass is 10.1. The second-order valence-corrected chi connectivity index (χ2v) is 8.60. The highest BCUT2D eigenvalue weighted by Gasteiger charge is 2.62. The number of benzene rings is 1. The quantitative estimate of drug-likeness (QED) is 0.701. The number of halogens is 3. The van der Waals surface area contributed by atoms with E-state index in [0.717, 1.165) is 0 Å². The maximum atomic E-state index is 14.0. The molecule has 2 N–H and O–H groups in total. The van der Waals surface area contributed by atoms with Crippen LogP contribution in [0, 0.1) is 11.3 Å². The molecule has 0 bridgehead atoms. The molecule has 2 aliphatic rings. The summed E-state index contributed by atoms with van der Waals surface area (Å²) in [5.41, 5.74) is -3.63. The van der Waals surface area contributed by atoms with E-state index in [1.54, 1.807) is 12.3 Å². The maximum Gasteiger partial charge on any atom is 0.340 e. The van der Waals surface area contributed by atoms with Crippen LogP contribution >= 0.6 is 24.3 Å². The molecule has 24 heavy (non-hydrogen) atoms. The molecule has 0 saturated heterocycles. The van der Waals surface area contributed by atoms with Gasteiger partial charge in [0.25, 0.3) is 0 Å². The molecule has 1 unspecified atom stereocenters. The van der Waals surface area contributed by atoms with Crippen molar-refractivity contribution in [1.29, 1.82) is 0 Å². The van der Waals surface area contributed by atoms with Crippen LogP contribution in [0.4, 0.5) is 8.78 Å². The zero-order valence-corrected chi connectivity index (χ0v) is 15.0. The Kier molecular flexibility index (Phi) is 3.84. The Morgan fingerprint density at radius 2 is 2.04 bits per heavy atom. The normalized spacial score (nSPS) is 21.5. The Labute approximate surface area is 146 Å². The second-order valence-electron chi connectivity index (χ2n) is 6.61. The lowest BCUT2D eigenvalue weighted by Gasteiger charge is -2.19. The number of hydrogen-bond acceptors (Lipinski definition) is 4. The van der Waals surface area contributed by atoms with Crippen LogP contribution in [0.25, 0.3) is 10.8 Å². The van der Waals surface area contributed by atoms with E-state index in [9.17, 15) is 8.78 Å². The summed E-state index contributed by atoms with van der Waals surface area (Å²) in [4.78, 5) is 22.2. The highest BCUT2D eigenvalue weighted by Crippen LogP contribution is 2.70. The lowest BCUT2D eigenvalue weighted by Crippen LogP contribution is -2.11. The average Bonchev–Trinajstić information content (AvgIpc) is 3.44. The van der Waals surface area contributed by atoms with Crippen molar-refractivity contribution in [2.24, 2.45) is 11.3 Å². The van der Waals surface area contributed by atoms with E-state index in [1.165, 1.54) is 31.4 Å². The minimum absolute atomic E-state index is 0.111. The number of pyridine rings is 1. The number of fused-ring (bicyclic) bond motifs is 1. The number of aromatic nitrogens is 1. The van der Waals surface area contributed by atoms with Crippen LogP contribution in [0.15, 0.2) is 28.9 Å². The summed E-state index contributed by atoms with van der Waals surface area (Å²) < 4.78 is 33.8. The Bertz CT molecular complexity index is 813. The topological polar surface area (TPSA) is 62.6 Å². The summed E-state index contributed by atoms with van der Waals surface area (Å²) in [5.74, 6) is 0.990. The first-order valence-corrected chi connectivity index (χ1v) is 9.64. The van der Waals surface area contributed by atoms with Crippen LogP contribution in [0.3, 0.4) is 0 Å². The summed E-state index contributed by atoms with van der Waals surface area (Å²) in [5, 5.41) is 1.19. The fourth-order valence-corrected chi connectivity index (χ4v) is 4.35. The van der Waals surface area contributed by atoms with Gasteiger partial charge in [0, 0.05) is 27.7 Å². The molecule has 128 valence electrons. The van der Waals surface area contributed by atoms with Crippen molar-refractivity contribution in [1.82, 2.24) is 4.98 Å². The zero-order valence-electron chi connectivity index (χ0n) is 12.5. The van der Waals surface area contributed by atoms with Gasteiger partial charge in [0.1, 0.15) is 0 Å². The van der Waals surface area contributed by atoms with Gasteiger partial charge < -0.3 is 14.5 Å². The molecule has 4 rings (SSSR count). The summed E-state index contributed by atoms with van der Waals surface area (Å²) in [6, 6.07) is 4.35. The largest absolute Gasteiger partial charge is 0.477 e. The predicted octanol–water partition coefficient (Wildman–Crippen LogP) is 4.52. The van der Waals surface area contributed by atoms with Crippen molar-refractivity contribution in [3.63, 3.8) is 0 Å². The number of ether oxygens (including phenoxy) is 1. The summed E-state index contributed by atoms with van der Waals surface area (Å²) in [6.07, 6.45) is 5.34. The van der Waals surface area contributed by atoms with E-state index in [2.05, 4.69) is 20.9 Å². The van der Waals surface area contributed by atoms with E-state index in [1.807, 2.05) is 0 Å². The summed E-state index contributed by atoms with van der Waals surface area (Å²) >= 11 is 3.07. The van der Waals surface area contributed by atoms with Gasteiger partial charge in [-0.3, -0.25) is 0 Å². The molecule has 2 aliphatic carbocycles. The molecule has 1 aromatic heterocycles. The van der Waals surface area contributed by atoms with Gasteiger partial charge in [0.05, 0.1) is 6.61 Å². The third kappa shape index (κ3) is 2.81. The predicted molar refractivity (Wildman–Crippen MR) is 90.0 cm³/mol. The minimum Gasteiger partial charge on any atom is -0.477 e. The van der Waals surface area contributed by atoms with Crippen LogP contribution in [-0.4, -0.2) is 21.4 Å². The van der Waals surface area contributed by atoms with Gasteiger partial charge in [0.15, 0.2) is 0 Å². The van der Waals surface area contributed by atoms with Gasteiger partial charge in [-0.2, -0.15) is 8.78 Å². The van der Waals surface area contributed by atoms with Crippen LogP contribution < -0.4 is 4.74 Å². The number of hydrogen-bond donors (Lipinski definition) is 2. The molecule has 2 fully saturated rings. The first-order valence-electron chi connectivity index (χ1n) is 7.60. The van der Waals surface area contributed by atoms with E-state index in [0.29, 0.717) is 34.6 Å². The number of rotatable bonds is 5. The van der Waals surface area contributed by atoms with E-state index in [-0.39, 0.29) is 4.47 Å². The summed E-state index contributed by atoms with van der Waals surface area (Å²) in [6.45, 7) is 0.608. The molecule has 8 heteroatoms. The van der Waals surface area contributed by atoms with Crippen LogP contribution in [0.1, 0.15) is 24.8 Å². The van der Waals surface area contributed by atoms with Crippen molar-refractivity contribution < 1.29 is 23.3 Å². The fourth-order valence-electron chi connectivity index (χ4n) is 3.19. The van der Waals surface area contributed by atoms with Gasteiger partial charge in [-0.1, -0.05) is 15.9 Å². The van der Waals surface area contributed by atoms with Crippen LogP contribution in [-0.2, 0) is 5.66 Å². The number of alkyl halides is 2. The molecule has 1 aromatic carbocycles. The molecule has 1 spiro atoms. The van der Waals surface area contributed by atoms with E-state index >= 15 is 0 Å². The maximum absolute atomic E-state index is 14.0. The minimum atomic E-state index is -3.71. The summed E-state index contributed by atoms with van der Waals surface area (Å²) in [7, 11) is -3.42. The number of nitrogens with zero attached hydrogens (tertiary/aromatic N) is 1. The van der Waals surface area contributed by atoms with Crippen LogP contribution in [0.2, 0.25) is 0 Å². The molecular weight excluding hydrogens is 403 g/mol. The van der Waals surface area contributed by atoms with Crippen molar-refractivity contribution in [2.75, 3.05) is 6.61 Å². The molecule has 2 saturated carbocycles. The van der Waals surface area contributed by atoms with Crippen molar-refractivity contribution in [3.05, 3.63) is 34.4 Å². The van der Waals surface area contributed by atoms with Crippen LogP contribution in [0.5, 0.6) is 5.88 Å². The molecule has 1 atom stereocenters. The van der Waals surface area contributed by atoms with Gasteiger partial charge in [-0.05, 0) is 48.1 Å². The Hall–Kier alpha value is -0.880. The Morgan fingerprint density at radius 1 is 1.29 bits per heavy atom. The molecule has 2 aromatic rings. The fraction of sp³-hybridized carbons (Fsp3) is 0.438. The third-order valence-corrected chi connectivity index (χ3v) is 6.44. The van der Waals surface area contributed by atoms with Crippen molar-refractivity contribution >= 4 is 35.1 Å². The van der Waals surface area contributed by atoms with E-state index < -0.39 is 19.6 Å². The smallest absolute Gasteiger partial charge is 0.340 e. The third-order valence-electron chi connectivity index (χ3n) is 5.04. The standard InChI is InChI=1S/C16H15BrF2NO3P/c17-13-4-10-7-20-14(23-8-11-6-15(11)1-2-15)5-9(10)3-12(13)16(18,19)24(21)22/h3-5,7,11,21-22H,1-2,6,8H2. The molecule has 4 nitrogen and oxygen atoms in total. The zero-order chi connectivity index (χ0) is 17.1. The molecule has 0 radical (unpaired) electrons. The van der Waals surface area contributed by atoms with Crippen molar-refractivity contribution in [3.8, 4) is 5.88 Å². The molecule has 0 aliphatic heterocycles. The van der Waals surface area contributed by atoms with E-state index in [4.69, 9.17) is 14.5 Å². The monoisotopic (exact) mass is 417 g/mol. The second kappa shape index (κ2) is 5.56. The highest BCUT2D eigenvalue weighted by atomic mass is 79.9. The molecular formula is C16H15BrF2NO3P. The molecule has 0 amide bonds. The Morgan fingerprint density at radius 3 is 2.67 bits per heavy atom. The van der Waals surface area contributed by atoms with Gasteiger partial charge in [-0.25, -0.2) is 4.98 Å². The highest BCUT2D eigenvalue weighted by molar-refractivity contribution is 9.10. The average molecular weight is 418 g/mol. The lowest BCUT2D eigenvalue weighted by molar-refractivity contribution is 0.0726. The molecule has 1 heterocycles. The first kappa shape index (κ1) is 16.6. The van der Waals surface area contributed by atoms with Gasteiger partial charge >= 0.3 is 5.66 Å². The first-order chi connectivity index (χ1) is 11.3. The SMILES string of the molecule is OP(O)C(F)(F)c1cc2cc(OCC3CC34CC4)ncc2cc1Br.